The molecule has 5 heteroatoms. The van der Waals surface area contributed by atoms with Crippen molar-refractivity contribution in [3.8, 4) is 0 Å². The average molecular weight is 369 g/mol. The van der Waals surface area contributed by atoms with Crippen molar-refractivity contribution in [2.75, 3.05) is 20.8 Å². The lowest BCUT2D eigenvalue weighted by molar-refractivity contribution is -0.0894. The largest absolute Gasteiger partial charge is 0.350 e. The van der Waals surface area contributed by atoms with Gasteiger partial charge in [0.25, 0.3) is 6.54 Å². The van der Waals surface area contributed by atoms with E-state index in [4.69, 9.17) is 16.0 Å². The third-order valence-corrected chi connectivity index (χ3v) is 0.766. The Morgan fingerprint density at radius 2 is 1.80 bits per heavy atom. The van der Waals surface area contributed by atoms with Crippen LogP contribution in [0.4, 0.5) is 0 Å². The Kier molecular flexibility index (Phi) is 16.9. The minimum Gasteiger partial charge on any atom is -0.350 e. The smallest absolute Gasteiger partial charge is 0.264 e. The van der Waals surface area contributed by atoms with Crippen LogP contribution < -0.4 is 0 Å². The van der Waals surface area contributed by atoms with Crippen molar-refractivity contribution in [3.05, 3.63) is 11.4 Å². The van der Waals surface area contributed by atoms with Gasteiger partial charge in [0, 0.05) is 51.5 Å². The SMILES string of the molecule is II.[C-]#[N+]CC(OC)OC. The van der Waals surface area contributed by atoms with Gasteiger partial charge in [0.2, 0.25) is 6.29 Å². The van der Waals surface area contributed by atoms with Crippen LogP contribution in [0.2, 0.25) is 0 Å². The molecule has 10 heavy (non-hydrogen) atoms. The minimum atomic E-state index is -0.354. The first-order chi connectivity index (χ1) is 4.85. The standard InChI is InChI=1S/C5H9NO2.I2/c1-6-4-5(7-2)8-3;1-2/h5H,4H2,2-3H3;. The van der Waals surface area contributed by atoms with Gasteiger partial charge in [-0.25, -0.2) is 6.57 Å². The molecule has 0 fully saturated rings. The van der Waals surface area contributed by atoms with Gasteiger partial charge in [-0.15, -0.1) is 0 Å². The molecule has 0 unspecified atom stereocenters. The fraction of sp³-hybridized carbons (Fsp3) is 0.800. The molecular formula is C5H9I2NO2. The van der Waals surface area contributed by atoms with Crippen molar-refractivity contribution in [2.24, 2.45) is 0 Å². The normalized spacial score (nSPS) is 8.00. The van der Waals surface area contributed by atoms with E-state index in [0.29, 0.717) is 0 Å². The van der Waals surface area contributed by atoms with Crippen LogP contribution in [0, 0.1) is 6.57 Å². The second kappa shape index (κ2) is 12.5. The Hall–Kier alpha value is 0.870. The molecule has 0 rings (SSSR count). The van der Waals surface area contributed by atoms with E-state index >= 15 is 0 Å². The van der Waals surface area contributed by atoms with Crippen LogP contribution in [0.15, 0.2) is 0 Å². The highest BCUT2D eigenvalue weighted by molar-refractivity contribution is 15.0. The van der Waals surface area contributed by atoms with E-state index < -0.39 is 0 Å². The van der Waals surface area contributed by atoms with Crippen LogP contribution >= 0.6 is 37.2 Å². The van der Waals surface area contributed by atoms with Gasteiger partial charge >= 0.3 is 0 Å². The predicted molar refractivity (Wildman–Crippen MR) is 57.3 cm³/mol. The Balaban J connectivity index is 0. The second-order valence-electron chi connectivity index (χ2n) is 1.24. The van der Waals surface area contributed by atoms with Gasteiger partial charge in [-0.3, -0.25) is 0 Å². The molecule has 0 atom stereocenters. The zero-order valence-electron chi connectivity index (χ0n) is 5.80. The number of nitrogens with zero attached hydrogens (tertiary/aromatic N) is 1. The summed E-state index contributed by atoms with van der Waals surface area (Å²) in [6, 6.07) is 0. The molecule has 3 nitrogen and oxygen atoms in total. The van der Waals surface area contributed by atoms with E-state index in [2.05, 4.69) is 42.1 Å². The molecule has 0 aliphatic heterocycles. The topological polar surface area (TPSA) is 22.8 Å². The molecule has 0 saturated carbocycles. The Morgan fingerprint density at radius 1 is 1.40 bits per heavy atom. The average Bonchev–Trinajstić information content (AvgIpc) is 2.04. The van der Waals surface area contributed by atoms with E-state index in [1.807, 2.05) is 0 Å². The van der Waals surface area contributed by atoms with E-state index in [-0.39, 0.29) is 12.8 Å². The van der Waals surface area contributed by atoms with E-state index in [0.717, 1.165) is 0 Å². The van der Waals surface area contributed by atoms with Crippen molar-refractivity contribution in [1.29, 1.82) is 0 Å². The van der Waals surface area contributed by atoms with Crippen LogP contribution in [0.5, 0.6) is 0 Å². The minimum absolute atomic E-state index is 0.271. The maximum atomic E-state index is 6.40. The summed E-state index contributed by atoms with van der Waals surface area (Å²) in [5.41, 5.74) is 0. The molecule has 0 bridgehead atoms. The van der Waals surface area contributed by atoms with Crippen LogP contribution in [-0.4, -0.2) is 27.1 Å². The molecule has 0 aromatic rings. The number of hydrogen-bond acceptors (Lipinski definition) is 2. The van der Waals surface area contributed by atoms with Gasteiger partial charge in [-0.1, -0.05) is 0 Å². The zero-order chi connectivity index (χ0) is 8.41. The molecule has 0 amide bonds. The Labute approximate surface area is 84.6 Å². The highest BCUT2D eigenvalue weighted by Gasteiger charge is 2.05. The molecule has 0 aliphatic rings. The summed E-state index contributed by atoms with van der Waals surface area (Å²) in [5.74, 6) is 0. The Bertz CT molecular complexity index is 90.1. The van der Waals surface area contributed by atoms with Crippen molar-refractivity contribution in [1.82, 2.24) is 0 Å². The molecular weight excluding hydrogens is 360 g/mol. The predicted octanol–water partition coefficient (Wildman–Crippen LogP) is 2.30. The molecule has 60 valence electrons. The van der Waals surface area contributed by atoms with Crippen LogP contribution in [-0.2, 0) is 9.47 Å². The molecule has 0 aromatic carbocycles. The molecule has 0 aromatic heterocycles. The lowest BCUT2D eigenvalue weighted by Crippen LogP contribution is -2.15. The fourth-order valence-corrected chi connectivity index (χ4v) is 0.320. The van der Waals surface area contributed by atoms with Crippen LogP contribution in [0.1, 0.15) is 0 Å². The summed E-state index contributed by atoms with van der Waals surface area (Å²) in [6.45, 7) is 6.68. The van der Waals surface area contributed by atoms with E-state index in [1.54, 1.807) is 0 Å². The molecule has 0 aliphatic carbocycles. The Morgan fingerprint density at radius 3 is 1.90 bits per heavy atom. The number of ether oxygens (including phenoxy) is 2. The van der Waals surface area contributed by atoms with Crippen LogP contribution in [0.25, 0.3) is 4.85 Å². The van der Waals surface area contributed by atoms with Crippen LogP contribution in [0.3, 0.4) is 0 Å². The van der Waals surface area contributed by atoms with Crippen molar-refractivity contribution in [2.45, 2.75) is 6.29 Å². The zero-order valence-corrected chi connectivity index (χ0v) is 10.1. The first-order valence-corrected chi connectivity index (χ1v) is 8.66. The summed E-state index contributed by atoms with van der Waals surface area (Å²) < 4.78 is 9.41. The van der Waals surface area contributed by atoms with E-state index in [9.17, 15) is 0 Å². The van der Waals surface area contributed by atoms with Crippen molar-refractivity contribution >= 4 is 37.2 Å². The first-order valence-electron chi connectivity index (χ1n) is 2.38. The highest BCUT2D eigenvalue weighted by atomic mass is 128. The summed E-state index contributed by atoms with van der Waals surface area (Å²) in [6.07, 6.45) is -0.354. The van der Waals surface area contributed by atoms with Gasteiger partial charge in [-0.2, -0.15) is 0 Å². The van der Waals surface area contributed by atoms with Gasteiger partial charge in [-0.05, 0) is 0 Å². The second-order valence-corrected chi connectivity index (χ2v) is 1.24. The number of halogens is 2. The monoisotopic (exact) mass is 369 g/mol. The third-order valence-electron chi connectivity index (χ3n) is 0.766. The molecule has 0 heterocycles. The highest BCUT2D eigenvalue weighted by Crippen LogP contribution is 1.89. The van der Waals surface area contributed by atoms with Gasteiger partial charge in [0.15, 0.2) is 0 Å². The maximum absolute atomic E-state index is 6.40. The number of rotatable bonds is 3. The van der Waals surface area contributed by atoms with E-state index in [1.165, 1.54) is 14.2 Å². The number of hydrogen-bond donors (Lipinski definition) is 0. The molecule has 0 saturated heterocycles. The lowest BCUT2D eigenvalue weighted by Gasteiger charge is -2.03. The molecule has 0 N–H and O–H groups in total. The summed E-state index contributed by atoms with van der Waals surface area (Å²) in [5, 5.41) is 0. The summed E-state index contributed by atoms with van der Waals surface area (Å²) in [7, 11) is 3.03. The van der Waals surface area contributed by atoms with Crippen molar-refractivity contribution < 1.29 is 9.47 Å². The summed E-state index contributed by atoms with van der Waals surface area (Å²) in [4.78, 5) is 3.08. The molecule has 0 spiro atoms. The number of methoxy groups -OCH3 is 2. The quantitative estimate of drug-likeness (QED) is 0.433. The lowest BCUT2D eigenvalue weighted by atomic mass is 10.6. The van der Waals surface area contributed by atoms with Crippen molar-refractivity contribution in [3.63, 3.8) is 0 Å². The molecule has 0 radical (unpaired) electrons. The summed E-state index contributed by atoms with van der Waals surface area (Å²) >= 11 is 4.24. The maximum Gasteiger partial charge on any atom is 0.264 e. The van der Waals surface area contributed by atoms with Gasteiger partial charge in [0.1, 0.15) is 0 Å². The third kappa shape index (κ3) is 8.87. The van der Waals surface area contributed by atoms with Gasteiger partial charge in [0.05, 0.1) is 0 Å². The first kappa shape index (κ1) is 13.5. The van der Waals surface area contributed by atoms with Gasteiger partial charge < -0.3 is 14.3 Å². The fourth-order valence-electron chi connectivity index (χ4n) is 0.320.